The number of thiophene rings is 2. The Labute approximate surface area is 741 Å². The lowest BCUT2D eigenvalue weighted by Crippen LogP contribution is -2.68. The summed E-state index contributed by atoms with van der Waals surface area (Å²) < 4.78 is 96.9. The molecular formula is C92H108Cl2F6N12O10S2. The number of nitrogens with zero attached hydrogens (tertiary/aromatic N) is 10. The molecule has 6 aliphatic heterocycles. The van der Waals surface area contributed by atoms with Crippen LogP contribution in [0.25, 0.3) is 0 Å². The van der Waals surface area contributed by atoms with E-state index in [-0.39, 0.29) is 152 Å². The molecule has 32 heteroatoms. The molecule has 8 aromatic rings. The lowest BCUT2D eigenvalue weighted by molar-refractivity contribution is -0.161. The largest absolute Gasteiger partial charge is 0.508 e. The maximum atomic E-state index is 14.7. The van der Waals surface area contributed by atoms with Crippen LogP contribution in [0.4, 0.5) is 26.3 Å². The van der Waals surface area contributed by atoms with E-state index in [1.807, 2.05) is 52.0 Å². The summed E-state index contributed by atoms with van der Waals surface area (Å²) in [4.78, 5) is 72.9. The molecule has 22 nitrogen and oxygen atoms in total. The topological polar surface area (TPSA) is 326 Å². The second kappa shape index (κ2) is 43.3. The number of para-hydroxylation sites is 4. The number of aromatic hydroxyl groups is 4. The van der Waals surface area contributed by atoms with Crippen molar-refractivity contribution in [2.45, 2.75) is 203 Å². The zero-order chi connectivity index (χ0) is 86.3. The number of phenols is 4. The van der Waals surface area contributed by atoms with Crippen molar-refractivity contribution in [1.29, 1.82) is 21.0 Å². The number of piperidine rings is 6. The smallest absolute Gasteiger partial charge is 0.418 e. The number of aryl methyl sites for hydroxylation is 2. The first kappa shape index (κ1) is 100. The number of nitriles is 4. The van der Waals surface area contributed by atoms with Gasteiger partial charge in [-0.2, -0.15) is 47.4 Å². The highest BCUT2D eigenvalue weighted by atomic mass is 35.5. The van der Waals surface area contributed by atoms with Gasteiger partial charge in [0.2, 0.25) is 11.2 Å². The maximum Gasteiger partial charge on any atom is 0.418 e. The molecule has 0 saturated carbocycles. The molecular weight excluding hydrogens is 1680 g/mol. The van der Waals surface area contributed by atoms with Crippen molar-refractivity contribution in [3.05, 3.63) is 211 Å². The number of halogens is 8. The molecule has 6 N–H and O–H groups in total. The van der Waals surface area contributed by atoms with Crippen molar-refractivity contribution in [2.24, 2.45) is 0 Å². The van der Waals surface area contributed by atoms with E-state index in [1.54, 1.807) is 93.4 Å². The number of hydrogen-bond acceptors (Lipinski definition) is 20. The molecule has 0 bridgehead atoms. The molecule has 664 valence electrons. The van der Waals surface area contributed by atoms with E-state index in [0.717, 1.165) is 110 Å². The van der Waals surface area contributed by atoms with E-state index in [4.69, 9.17) is 9.47 Å². The average Bonchev–Trinajstić information content (AvgIpc) is 0.976. The third-order valence-corrected chi connectivity index (χ3v) is 25.7. The number of ether oxygens (including phenoxy) is 2. The van der Waals surface area contributed by atoms with Crippen molar-refractivity contribution >= 4 is 71.1 Å². The van der Waals surface area contributed by atoms with E-state index in [1.165, 1.54) is 44.6 Å². The van der Waals surface area contributed by atoms with E-state index in [2.05, 4.69) is 44.9 Å². The van der Waals surface area contributed by atoms with Crippen LogP contribution < -0.4 is 20.1 Å². The van der Waals surface area contributed by atoms with Gasteiger partial charge in [0.05, 0.1) is 74.7 Å². The Hall–Kier alpha value is -10.7. The number of amides is 4. The Kier molecular flexibility index (Phi) is 35.0. The predicted molar refractivity (Wildman–Crippen MR) is 467 cm³/mol. The standard InChI is InChI=1S/2C33H35F3N4O4S.2C12H14N2O.2CH4.2ClH/c1-3-8-27-32(44-23-19-22(2)45-20-23,12-7-16-40(27)29(42)28-25(33(34,35)36)10-6-15-38-28)30(43)39-17-13-31(21-37,14-18-39)24-9-4-5-11-26(24)41;1-3-7-28-32(44-23-18-22(2)45-20-23,11-6-15-40(28)29(42)24-19-38-14-10-25(24)33(34,35)36)30(43)39-16-12-31(21-37,13-17-39)26-8-4-5-9-27(26)41;2*13-9-12(5-7-14-8-6-12)10-3-1-2-4-11(10)15;;;;/h4-6,9-11,15,19-20,27,41H,3,7-8,12-14,16-18H2,1-2H3;4-5,8-10,14,18-20,28,41H,3,6-7,11-13,15-17H2,1-2H3;2*1-4,14-15H,5-8H2;2*1H4;2*1H/t27-,32+;28-,32+;;;;;;/m11....../s1. The van der Waals surface area contributed by atoms with Gasteiger partial charge in [-0.25, -0.2) is 0 Å². The molecule has 0 radical (unpaired) electrons. The minimum Gasteiger partial charge on any atom is -0.508 e. The summed E-state index contributed by atoms with van der Waals surface area (Å²) in [5, 5.41) is 89.7. The van der Waals surface area contributed by atoms with Crippen molar-refractivity contribution in [2.75, 3.05) is 65.4 Å². The van der Waals surface area contributed by atoms with Gasteiger partial charge in [0, 0.05) is 113 Å². The summed E-state index contributed by atoms with van der Waals surface area (Å²) in [7, 11) is 0. The molecule has 4 atom stereocenters. The highest BCUT2D eigenvalue weighted by Gasteiger charge is 2.59. The third kappa shape index (κ3) is 21.4. The van der Waals surface area contributed by atoms with Crippen molar-refractivity contribution in [3.8, 4) is 58.8 Å². The van der Waals surface area contributed by atoms with E-state index in [9.17, 15) is 87.0 Å². The molecule has 14 rings (SSSR count). The Morgan fingerprint density at radius 1 is 0.484 bits per heavy atom. The molecule has 0 unspecified atom stereocenters. The van der Waals surface area contributed by atoms with Crippen LogP contribution >= 0.6 is 47.5 Å². The molecule has 4 amide bonds. The molecule has 10 heterocycles. The molecule has 6 fully saturated rings. The van der Waals surface area contributed by atoms with Gasteiger partial charge in [-0.3, -0.25) is 29.1 Å². The molecule has 4 aromatic heterocycles. The van der Waals surface area contributed by atoms with Crippen LogP contribution in [0.1, 0.15) is 195 Å². The zero-order valence-electron chi connectivity index (χ0n) is 68.2. The first-order chi connectivity index (χ1) is 57.5. The van der Waals surface area contributed by atoms with Gasteiger partial charge in [0.1, 0.15) is 40.2 Å². The fourth-order valence-corrected chi connectivity index (χ4v) is 19.0. The van der Waals surface area contributed by atoms with Gasteiger partial charge in [-0.05, 0) is 172 Å². The highest BCUT2D eigenvalue weighted by molar-refractivity contribution is 7.10. The first-order valence-corrected chi connectivity index (χ1v) is 42.2. The van der Waals surface area contributed by atoms with Crippen molar-refractivity contribution in [3.63, 3.8) is 0 Å². The van der Waals surface area contributed by atoms with Crippen molar-refractivity contribution in [1.82, 2.24) is 40.2 Å². The predicted octanol–water partition coefficient (Wildman–Crippen LogP) is 18.2. The van der Waals surface area contributed by atoms with Crippen LogP contribution in [0.5, 0.6) is 34.5 Å². The summed E-state index contributed by atoms with van der Waals surface area (Å²) >= 11 is 2.88. The Morgan fingerprint density at radius 2 is 0.831 bits per heavy atom. The molecule has 0 spiro atoms. The number of carbonyl (C=O) groups is 4. The number of rotatable bonds is 16. The molecule has 4 aromatic carbocycles. The number of hydrogen-bond donors (Lipinski definition) is 6. The zero-order valence-corrected chi connectivity index (χ0v) is 71.4. The van der Waals surface area contributed by atoms with Gasteiger partial charge in [-0.15, -0.1) is 47.5 Å². The first-order valence-electron chi connectivity index (χ1n) is 40.4. The number of likely N-dealkylation sites (tertiary alicyclic amines) is 4. The summed E-state index contributed by atoms with van der Waals surface area (Å²) in [5.41, 5.74) is -7.07. The van der Waals surface area contributed by atoms with Crippen LogP contribution in [-0.4, -0.2) is 162 Å². The quantitative estimate of drug-likeness (QED) is 0.0490. The van der Waals surface area contributed by atoms with E-state index < -0.39 is 91.5 Å². The third-order valence-electron chi connectivity index (χ3n) is 24.0. The Balaban J connectivity index is 0.000000249. The monoisotopic (exact) mass is 1790 g/mol. The highest BCUT2D eigenvalue weighted by Crippen LogP contribution is 2.48. The van der Waals surface area contributed by atoms with Gasteiger partial charge in [0.15, 0.2) is 0 Å². The molecule has 6 aliphatic rings. The minimum atomic E-state index is -4.79. The fraction of sp³-hybridized carbons (Fsp3) is 0.457. The minimum absolute atomic E-state index is 0. The lowest BCUT2D eigenvalue weighted by atomic mass is 9.73. The molecule has 0 aliphatic carbocycles. The van der Waals surface area contributed by atoms with E-state index in [0.29, 0.717) is 61.2 Å². The Bertz CT molecular complexity index is 4800. The lowest BCUT2D eigenvalue weighted by Gasteiger charge is -2.51. The molecule has 124 heavy (non-hydrogen) atoms. The number of alkyl halides is 6. The summed E-state index contributed by atoms with van der Waals surface area (Å²) in [6, 6.07) is 41.8. The number of phenolic OH excluding ortho intramolecular Hbond substituents is 4. The molecule has 6 saturated heterocycles. The SMILES string of the molecule is C.C.CCC[C@H]1N(C(=O)c2cnccc2C(F)(F)F)CCC[C@@]1(Oc1csc(C)c1)C(=O)N1CCC(C#N)(c2ccccc2O)CC1.CCC[C@H]1N(C(=O)c2ncccc2C(F)(F)F)CCC[C@@]1(Oc1csc(C)c1)C(=O)N1CCC(C#N)(c2ccccc2O)CC1.Cl.Cl.N#CC1(c2ccccc2O)CCNCC1.N#CC1(c2ccccc2O)CCNCC1. The van der Waals surface area contributed by atoms with Crippen LogP contribution in [0, 0.1) is 59.2 Å². The number of carbonyl (C=O) groups excluding carboxylic acids is 4. The van der Waals surface area contributed by atoms with Crippen LogP contribution in [0.3, 0.4) is 0 Å². The van der Waals surface area contributed by atoms with Crippen LogP contribution in [0.2, 0.25) is 0 Å². The van der Waals surface area contributed by atoms with Gasteiger partial charge in [0.25, 0.3) is 23.6 Å². The summed E-state index contributed by atoms with van der Waals surface area (Å²) in [6.45, 7) is 12.0. The van der Waals surface area contributed by atoms with Crippen LogP contribution in [-0.2, 0) is 43.6 Å². The average molecular weight is 1790 g/mol. The Morgan fingerprint density at radius 3 is 1.15 bits per heavy atom. The van der Waals surface area contributed by atoms with Gasteiger partial charge < -0.3 is 60.1 Å². The fourth-order valence-electron chi connectivity index (χ4n) is 17.8. The normalized spacial score (nSPS) is 20.4. The number of aromatic nitrogens is 2. The summed E-state index contributed by atoms with van der Waals surface area (Å²) in [6.07, 6.45) is 0.531. The summed E-state index contributed by atoms with van der Waals surface area (Å²) in [5.74, 6) is -1.07. The number of pyridine rings is 2. The van der Waals surface area contributed by atoms with Crippen LogP contribution in [0.15, 0.2) is 157 Å². The number of nitrogens with one attached hydrogen (secondary N) is 2. The second-order valence-electron chi connectivity index (χ2n) is 31.3. The van der Waals surface area contributed by atoms with Gasteiger partial charge >= 0.3 is 12.4 Å². The second-order valence-corrected chi connectivity index (χ2v) is 33.6. The van der Waals surface area contributed by atoms with Gasteiger partial charge in [-0.1, -0.05) is 114 Å². The number of benzene rings is 4. The maximum absolute atomic E-state index is 14.7. The van der Waals surface area contributed by atoms with E-state index >= 15 is 0 Å². The van der Waals surface area contributed by atoms with Crippen molar-refractivity contribution < 1.29 is 75.4 Å².